The molecular formula is C18H31NO2. The first-order chi connectivity index (χ1) is 10.2. The van der Waals surface area contributed by atoms with Crippen molar-refractivity contribution < 1.29 is 9.47 Å². The first kappa shape index (κ1) is 17.7. The van der Waals surface area contributed by atoms with Crippen molar-refractivity contribution in [3.05, 3.63) is 18.2 Å². The van der Waals surface area contributed by atoms with Crippen LogP contribution in [0.4, 0.5) is 5.69 Å². The zero-order valence-electron chi connectivity index (χ0n) is 14.1. The van der Waals surface area contributed by atoms with E-state index >= 15 is 0 Å². The topological polar surface area (TPSA) is 30.5 Å². The lowest BCUT2D eigenvalue weighted by Gasteiger charge is -2.17. The SMILES string of the molecule is CCCCC(CC)CNc1ccc(OCC)c(OCC)c1. The maximum atomic E-state index is 5.66. The molecule has 0 aliphatic rings. The molecule has 1 atom stereocenters. The fraction of sp³-hybridized carbons (Fsp3) is 0.667. The molecule has 0 spiro atoms. The number of benzene rings is 1. The van der Waals surface area contributed by atoms with Gasteiger partial charge in [-0.25, -0.2) is 0 Å². The lowest BCUT2D eigenvalue weighted by Crippen LogP contribution is -2.13. The van der Waals surface area contributed by atoms with Crippen molar-refractivity contribution in [2.75, 3.05) is 25.1 Å². The summed E-state index contributed by atoms with van der Waals surface area (Å²) >= 11 is 0. The van der Waals surface area contributed by atoms with Crippen molar-refractivity contribution in [2.24, 2.45) is 5.92 Å². The molecule has 0 aliphatic carbocycles. The zero-order valence-corrected chi connectivity index (χ0v) is 14.1. The third-order valence-electron chi connectivity index (χ3n) is 3.68. The van der Waals surface area contributed by atoms with E-state index in [0.29, 0.717) is 13.2 Å². The monoisotopic (exact) mass is 293 g/mol. The number of unbranched alkanes of at least 4 members (excludes halogenated alkanes) is 1. The third kappa shape index (κ3) is 6.28. The second kappa shape index (κ2) is 10.4. The number of hydrogen-bond acceptors (Lipinski definition) is 3. The maximum absolute atomic E-state index is 5.66. The van der Waals surface area contributed by atoms with Crippen LogP contribution >= 0.6 is 0 Å². The summed E-state index contributed by atoms with van der Waals surface area (Å²) in [6, 6.07) is 6.10. The number of hydrogen-bond donors (Lipinski definition) is 1. The molecule has 0 bridgehead atoms. The van der Waals surface area contributed by atoms with Crippen molar-refractivity contribution in [3.8, 4) is 11.5 Å². The standard InChI is InChI=1S/C18H31NO2/c1-5-9-10-15(6-2)14-19-16-11-12-17(20-7-3)18(13-16)21-8-4/h11-13,15,19H,5-10,14H2,1-4H3. The van der Waals surface area contributed by atoms with E-state index in [0.717, 1.165) is 29.6 Å². The Balaban J connectivity index is 2.63. The summed E-state index contributed by atoms with van der Waals surface area (Å²) in [5.41, 5.74) is 1.11. The van der Waals surface area contributed by atoms with Crippen molar-refractivity contribution in [1.29, 1.82) is 0 Å². The van der Waals surface area contributed by atoms with Crippen molar-refractivity contribution in [2.45, 2.75) is 53.4 Å². The summed E-state index contributed by atoms with van der Waals surface area (Å²) < 4.78 is 11.3. The van der Waals surface area contributed by atoms with E-state index in [-0.39, 0.29) is 0 Å². The Morgan fingerprint density at radius 3 is 2.33 bits per heavy atom. The smallest absolute Gasteiger partial charge is 0.163 e. The van der Waals surface area contributed by atoms with Crippen LogP contribution in [0, 0.1) is 5.92 Å². The van der Waals surface area contributed by atoms with Gasteiger partial charge in [0.15, 0.2) is 11.5 Å². The Hall–Kier alpha value is -1.38. The predicted octanol–water partition coefficient (Wildman–Crippen LogP) is 5.11. The minimum atomic E-state index is 0.650. The number of rotatable bonds is 11. The van der Waals surface area contributed by atoms with E-state index in [1.165, 1.54) is 25.7 Å². The first-order valence-corrected chi connectivity index (χ1v) is 8.38. The molecule has 1 aromatic rings. The van der Waals surface area contributed by atoms with Gasteiger partial charge in [0.05, 0.1) is 13.2 Å². The van der Waals surface area contributed by atoms with Crippen LogP contribution in [0.15, 0.2) is 18.2 Å². The molecule has 1 aromatic carbocycles. The van der Waals surface area contributed by atoms with Crippen LogP contribution < -0.4 is 14.8 Å². The van der Waals surface area contributed by atoms with Gasteiger partial charge in [0, 0.05) is 18.3 Å². The molecular weight excluding hydrogens is 262 g/mol. The van der Waals surface area contributed by atoms with Crippen LogP contribution in [0.1, 0.15) is 53.4 Å². The molecule has 0 aliphatic heterocycles. The van der Waals surface area contributed by atoms with E-state index in [9.17, 15) is 0 Å². The second-order valence-electron chi connectivity index (χ2n) is 5.32. The molecule has 1 N–H and O–H groups in total. The minimum Gasteiger partial charge on any atom is -0.490 e. The van der Waals surface area contributed by atoms with Gasteiger partial charge in [0.2, 0.25) is 0 Å². The Morgan fingerprint density at radius 2 is 1.71 bits per heavy atom. The third-order valence-corrected chi connectivity index (χ3v) is 3.68. The maximum Gasteiger partial charge on any atom is 0.163 e. The second-order valence-corrected chi connectivity index (χ2v) is 5.32. The van der Waals surface area contributed by atoms with Gasteiger partial charge >= 0.3 is 0 Å². The molecule has 21 heavy (non-hydrogen) atoms. The van der Waals surface area contributed by atoms with Crippen LogP contribution in [0.3, 0.4) is 0 Å². The number of ether oxygens (including phenoxy) is 2. The average molecular weight is 293 g/mol. The Kier molecular flexibility index (Phi) is 8.72. The summed E-state index contributed by atoms with van der Waals surface area (Å²) in [6.45, 7) is 10.8. The van der Waals surface area contributed by atoms with E-state index < -0.39 is 0 Å². The van der Waals surface area contributed by atoms with E-state index in [2.05, 4.69) is 25.2 Å². The lowest BCUT2D eigenvalue weighted by atomic mass is 9.99. The van der Waals surface area contributed by atoms with Crippen molar-refractivity contribution >= 4 is 5.69 Å². The van der Waals surface area contributed by atoms with Crippen LogP contribution in [0.25, 0.3) is 0 Å². The summed E-state index contributed by atoms with van der Waals surface area (Å²) in [7, 11) is 0. The molecule has 0 saturated heterocycles. The van der Waals surface area contributed by atoms with E-state index in [1.807, 2.05) is 26.0 Å². The fourth-order valence-corrected chi connectivity index (χ4v) is 2.37. The van der Waals surface area contributed by atoms with Gasteiger partial charge in [0.1, 0.15) is 0 Å². The normalized spacial score (nSPS) is 12.0. The van der Waals surface area contributed by atoms with E-state index in [1.54, 1.807) is 0 Å². The van der Waals surface area contributed by atoms with Crippen molar-refractivity contribution in [3.63, 3.8) is 0 Å². The lowest BCUT2D eigenvalue weighted by molar-refractivity contribution is 0.288. The van der Waals surface area contributed by atoms with Crippen LogP contribution in [-0.2, 0) is 0 Å². The summed E-state index contributed by atoms with van der Waals surface area (Å²) in [6.07, 6.45) is 5.11. The molecule has 1 unspecified atom stereocenters. The fourth-order valence-electron chi connectivity index (χ4n) is 2.37. The molecule has 0 aromatic heterocycles. The Morgan fingerprint density at radius 1 is 1.00 bits per heavy atom. The summed E-state index contributed by atoms with van der Waals surface area (Å²) in [5, 5.41) is 3.54. The number of anilines is 1. The minimum absolute atomic E-state index is 0.650. The number of nitrogens with one attached hydrogen (secondary N) is 1. The summed E-state index contributed by atoms with van der Waals surface area (Å²) in [5.74, 6) is 2.39. The van der Waals surface area contributed by atoms with E-state index in [4.69, 9.17) is 9.47 Å². The average Bonchev–Trinajstić information content (AvgIpc) is 2.50. The quantitative estimate of drug-likeness (QED) is 0.615. The largest absolute Gasteiger partial charge is 0.490 e. The zero-order chi connectivity index (χ0) is 15.5. The Labute approximate surface area is 130 Å². The molecule has 0 radical (unpaired) electrons. The highest BCUT2D eigenvalue weighted by Gasteiger charge is 2.08. The molecule has 120 valence electrons. The van der Waals surface area contributed by atoms with Gasteiger partial charge in [-0.1, -0.05) is 33.1 Å². The van der Waals surface area contributed by atoms with Gasteiger partial charge in [-0.2, -0.15) is 0 Å². The highest BCUT2D eigenvalue weighted by molar-refractivity contribution is 5.54. The molecule has 0 heterocycles. The molecule has 3 heteroatoms. The van der Waals surface area contributed by atoms with Gasteiger partial charge in [-0.3, -0.25) is 0 Å². The van der Waals surface area contributed by atoms with Gasteiger partial charge in [0.25, 0.3) is 0 Å². The Bertz CT molecular complexity index is 393. The highest BCUT2D eigenvalue weighted by atomic mass is 16.5. The first-order valence-electron chi connectivity index (χ1n) is 8.38. The highest BCUT2D eigenvalue weighted by Crippen LogP contribution is 2.30. The predicted molar refractivity (Wildman–Crippen MR) is 90.6 cm³/mol. The molecule has 1 rings (SSSR count). The van der Waals surface area contributed by atoms with Gasteiger partial charge in [-0.15, -0.1) is 0 Å². The van der Waals surface area contributed by atoms with Gasteiger partial charge in [-0.05, 0) is 38.3 Å². The molecule has 0 fully saturated rings. The van der Waals surface area contributed by atoms with Crippen molar-refractivity contribution in [1.82, 2.24) is 0 Å². The molecule has 0 saturated carbocycles. The molecule has 3 nitrogen and oxygen atoms in total. The van der Waals surface area contributed by atoms with Crippen LogP contribution in [-0.4, -0.2) is 19.8 Å². The van der Waals surface area contributed by atoms with Crippen LogP contribution in [0.5, 0.6) is 11.5 Å². The van der Waals surface area contributed by atoms with Gasteiger partial charge < -0.3 is 14.8 Å². The van der Waals surface area contributed by atoms with Crippen LogP contribution in [0.2, 0.25) is 0 Å². The summed E-state index contributed by atoms with van der Waals surface area (Å²) in [4.78, 5) is 0. The molecule has 0 amide bonds.